The summed E-state index contributed by atoms with van der Waals surface area (Å²) < 4.78 is 38.9. The number of anilines is 2. The van der Waals surface area contributed by atoms with Crippen LogP contribution in [-0.4, -0.2) is 66.2 Å². The van der Waals surface area contributed by atoms with Gasteiger partial charge in [-0.2, -0.15) is 0 Å². The van der Waals surface area contributed by atoms with E-state index < -0.39 is 10.0 Å². The quantitative estimate of drug-likeness (QED) is 0.440. The molecule has 0 saturated carbocycles. The zero-order chi connectivity index (χ0) is 25.7. The molecule has 0 aromatic heterocycles. The lowest BCUT2D eigenvalue weighted by atomic mass is 10.2. The largest absolute Gasteiger partial charge is 0.497 e. The molecule has 0 atom stereocenters. The number of ether oxygens (including phenoxy) is 2. The number of hydrogen-bond acceptors (Lipinski definition) is 6. The molecule has 1 amide bonds. The summed E-state index contributed by atoms with van der Waals surface area (Å²) >= 11 is 6.02. The highest BCUT2D eigenvalue weighted by atomic mass is 35.5. The lowest BCUT2D eigenvalue weighted by Gasteiger charge is -2.37. The van der Waals surface area contributed by atoms with Gasteiger partial charge in [0.25, 0.3) is 10.0 Å². The van der Waals surface area contributed by atoms with E-state index in [9.17, 15) is 13.2 Å². The molecule has 1 fully saturated rings. The van der Waals surface area contributed by atoms with Crippen molar-refractivity contribution in [3.63, 3.8) is 0 Å². The van der Waals surface area contributed by atoms with E-state index in [-0.39, 0.29) is 17.3 Å². The number of piperazine rings is 1. The smallest absolute Gasteiger partial charge is 0.264 e. The Balaban J connectivity index is 1.53. The molecule has 1 saturated heterocycles. The molecule has 190 valence electrons. The fourth-order valence-corrected chi connectivity index (χ4v) is 5.65. The molecule has 0 N–H and O–H groups in total. The Bertz CT molecular complexity index is 1290. The highest BCUT2D eigenvalue weighted by Crippen LogP contribution is 2.29. The SMILES string of the molecule is COc1ccc(S(=O)(=O)N(CC(=O)N2CCN(c3ccccc3OC)CC2)c2ccc(Cl)cc2)cc1. The molecule has 4 rings (SSSR count). The third-order valence-electron chi connectivity index (χ3n) is 6.10. The van der Waals surface area contributed by atoms with Crippen molar-refractivity contribution >= 4 is 38.9 Å². The van der Waals surface area contributed by atoms with Crippen molar-refractivity contribution in [3.8, 4) is 11.5 Å². The number of carbonyl (C=O) groups is 1. The topological polar surface area (TPSA) is 79.4 Å². The van der Waals surface area contributed by atoms with Gasteiger partial charge >= 0.3 is 0 Å². The van der Waals surface area contributed by atoms with E-state index in [0.29, 0.717) is 42.6 Å². The third kappa shape index (κ3) is 5.52. The molecule has 8 nitrogen and oxygen atoms in total. The summed E-state index contributed by atoms with van der Waals surface area (Å²) in [5, 5.41) is 0.472. The Morgan fingerprint density at radius 3 is 2.14 bits per heavy atom. The van der Waals surface area contributed by atoms with Crippen LogP contribution >= 0.6 is 11.6 Å². The van der Waals surface area contributed by atoms with Gasteiger partial charge in [0.1, 0.15) is 18.0 Å². The molecule has 0 bridgehead atoms. The van der Waals surface area contributed by atoms with Crippen molar-refractivity contribution in [2.45, 2.75) is 4.90 Å². The first kappa shape index (κ1) is 25.7. The number of sulfonamides is 1. The van der Waals surface area contributed by atoms with Gasteiger partial charge in [-0.05, 0) is 60.7 Å². The highest BCUT2D eigenvalue weighted by molar-refractivity contribution is 7.92. The standard InChI is InChI=1S/C26H28ClN3O5S/c1-34-22-11-13-23(14-12-22)36(32,33)30(21-9-7-20(27)8-10-21)19-26(31)29-17-15-28(16-18-29)24-5-3-4-6-25(24)35-2/h3-14H,15-19H2,1-2H3. The first-order chi connectivity index (χ1) is 17.3. The Labute approximate surface area is 216 Å². The summed E-state index contributed by atoms with van der Waals surface area (Å²) in [5.41, 5.74) is 1.33. The molecule has 3 aromatic rings. The number of hydrogen-bond donors (Lipinski definition) is 0. The van der Waals surface area contributed by atoms with Crippen LogP contribution in [0.15, 0.2) is 77.7 Å². The van der Waals surface area contributed by atoms with Crippen molar-refractivity contribution in [2.75, 3.05) is 56.1 Å². The molecule has 0 aliphatic carbocycles. The Hall–Kier alpha value is -3.43. The van der Waals surface area contributed by atoms with E-state index in [0.717, 1.165) is 15.7 Å². The molecule has 3 aromatic carbocycles. The summed E-state index contributed by atoms with van der Waals surface area (Å²) in [4.78, 5) is 17.2. The van der Waals surface area contributed by atoms with Crippen LogP contribution in [0.25, 0.3) is 0 Å². The number of amides is 1. The summed E-state index contributed by atoms with van der Waals surface area (Å²) in [6, 6.07) is 20.2. The molecule has 0 spiro atoms. The summed E-state index contributed by atoms with van der Waals surface area (Å²) in [5.74, 6) is 1.04. The molecule has 1 aliphatic rings. The average molecular weight is 530 g/mol. The number of methoxy groups -OCH3 is 2. The Kier molecular flexibility index (Phi) is 7.91. The van der Waals surface area contributed by atoms with Crippen molar-refractivity contribution in [1.29, 1.82) is 0 Å². The molecule has 36 heavy (non-hydrogen) atoms. The zero-order valence-electron chi connectivity index (χ0n) is 20.1. The number of carbonyl (C=O) groups excluding carboxylic acids is 1. The minimum Gasteiger partial charge on any atom is -0.497 e. The lowest BCUT2D eigenvalue weighted by molar-refractivity contribution is -0.129. The molecule has 1 aliphatic heterocycles. The number of nitrogens with zero attached hydrogens (tertiary/aromatic N) is 3. The van der Waals surface area contributed by atoms with Crippen molar-refractivity contribution < 1.29 is 22.7 Å². The number of benzene rings is 3. The van der Waals surface area contributed by atoms with Gasteiger partial charge in [0, 0.05) is 31.2 Å². The van der Waals surface area contributed by atoms with E-state index in [4.69, 9.17) is 21.1 Å². The minimum atomic E-state index is -4.03. The lowest BCUT2D eigenvalue weighted by Crippen LogP contribution is -2.52. The van der Waals surface area contributed by atoms with Crippen LogP contribution in [-0.2, 0) is 14.8 Å². The van der Waals surface area contributed by atoms with Crippen molar-refractivity contribution in [3.05, 3.63) is 77.8 Å². The van der Waals surface area contributed by atoms with Crippen LogP contribution in [0, 0.1) is 0 Å². The van der Waals surface area contributed by atoms with Crippen LogP contribution in [0.5, 0.6) is 11.5 Å². The van der Waals surface area contributed by atoms with Gasteiger partial charge in [0.15, 0.2) is 0 Å². The minimum absolute atomic E-state index is 0.0621. The maximum atomic E-state index is 13.6. The van der Waals surface area contributed by atoms with E-state index in [1.807, 2.05) is 24.3 Å². The summed E-state index contributed by atoms with van der Waals surface area (Å²) in [6.07, 6.45) is 0. The second-order valence-electron chi connectivity index (χ2n) is 8.20. The highest BCUT2D eigenvalue weighted by Gasteiger charge is 2.30. The van der Waals surface area contributed by atoms with Crippen molar-refractivity contribution in [1.82, 2.24) is 4.90 Å². The third-order valence-corrected chi connectivity index (χ3v) is 8.14. The van der Waals surface area contributed by atoms with Crippen LogP contribution in [0.4, 0.5) is 11.4 Å². The predicted octanol–water partition coefficient (Wildman–Crippen LogP) is 3.90. The fourth-order valence-electron chi connectivity index (χ4n) is 4.11. The van der Waals surface area contributed by atoms with Crippen LogP contribution in [0.3, 0.4) is 0 Å². The van der Waals surface area contributed by atoms with Gasteiger partial charge in [-0.25, -0.2) is 8.42 Å². The Morgan fingerprint density at radius 1 is 0.889 bits per heavy atom. The van der Waals surface area contributed by atoms with Gasteiger partial charge < -0.3 is 19.3 Å². The monoisotopic (exact) mass is 529 g/mol. The molecule has 10 heteroatoms. The first-order valence-corrected chi connectivity index (χ1v) is 13.2. The van der Waals surface area contributed by atoms with Gasteiger partial charge in [-0.1, -0.05) is 23.7 Å². The maximum Gasteiger partial charge on any atom is 0.264 e. The molecular weight excluding hydrogens is 502 g/mol. The zero-order valence-corrected chi connectivity index (χ0v) is 21.7. The molecule has 0 unspecified atom stereocenters. The van der Waals surface area contributed by atoms with Crippen LogP contribution in [0.1, 0.15) is 0 Å². The fraction of sp³-hybridized carbons (Fsp3) is 0.269. The van der Waals surface area contributed by atoms with Crippen molar-refractivity contribution in [2.24, 2.45) is 0 Å². The van der Waals surface area contributed by atoms with E-state index in [1.54, 1.807) is 48.4 Å². The van der Waals surface area contributed by atoms with E-state index in [2.05, 4.69) is 4.90 Å². The normalized spacial score (nSPS) is 13.9. The van der Waals surface area contributed by atoms with E-state index >= 15 is 0 Å². The average Bonchev–Trinajstić information content (AvgIpc) is 2.92. The molecule has 0 radical (unpaired) electrons. The second kappa shape index (κ2) is 11.1. The van der Waals surface area contributed by atoms with Crippen LogP contribution in [0.2, 0.25) is 5.02 Å². The summed E-state index contributed by atoms with van der Waals surface area (Å²) in [6.45, 7) is 1.82. The summed E-state index contributed by atoms with van der Waals surface area (Å²) in [7, 11) is -0.886. The van der Waals surface area contributed by atoms with E-state index in [1.165, 1.54) is 19.2 Å². The van der Waals surface area contributed by atoms with Gasteiger partial charge in [0.2, 0.25) is 5.91 Å². The molecular formula is C26H28ClN3O5S. The second-order valence-corrected chi connectivity index (χ2v) is 10.5. The Morgan fingerprint density at radius 2 is 1.53 bits per heavy atom. The predicted molar refractivity (Wildman–Crippen MR) is 141 cm³/mol. The molecule has 1 heterocycles. The maximum absolute atomic E-state index is 13.6. The van der Waals surface area contributed by atoms with Crippen LogP contribution < -0.4 is 18.7 Å². The number of para-hydroxylation sites is 2. The van der Waals surface area contributed by atoms with Gasteiger partial charge in [-0.15, -0.1) is 0 Å². The first-order valence-electron chi connectivity index (χ1n) is 11.4. The van der Waals surface area contributed by atoms with Gasteiger partial charge in [0.05, 0.1) is 30.5 Å². The number of halogens is 1. The number of rotatable bonds is 8. The van der Waals surface area contributed by atoms with Gasteiger partial charge in [-0.3, -0.25) is 9.10 Å².